The summed E-state index contributed by atoms with van der Waals surface area (Å²) in [5.41, 5.74) is 1.70. The van der Waals surface area contributed by atoms with E-state index < -0.39 is 18.2 Å². The van der Waals surface area contributed by atoms with E-state index in [-0.39, 0.29) is 0 Å². The Hall–Kier alpha value is -1.86. The van der Waals surface area contributed by atoms with E-state index in [1.54, 1.807) is 0 Å². The summed E-state index contributed by atoms with van der Waals surface area (Å²) in [4.78, 5) is 2.02. The summed E-state index contributed by atoms with van der Waals surface area (Å²) in [6, 6.07) is 11.5. The summed E-state index contributed by atoms with van der Waals surface area (Å²) in [5.74, 6) is -0.0421. The van der Waals surface area contributed by atoms with Crippen LogP contribution < -0.4 is 0 Å². The number of benzene rings is 1. The van der Waals surface area contributed by atoms with Gasteiger partial charge in [-0.05, 0) is 31.8 Å². The molecule has 1 fully saturated rings. The molecule has 1 saturated heterocycles. The zero-order chi connectivity index (χ0) is 17.2. The molecule has 0 aliphatic carbocycles. The normalized spacial score (nSPS) is 18.7. The summed E-state index contributed by atoms with van der Waals surface area (Å²) >= 11 is 0. The van der Waals surface area contributed by atoms with E-state index in [4.69, 9.17) is 4.52 Å². The summed E-state index contributed by atoms with van der Waals surface area (Å²) < 4.78 is 43.0. The van der Waals surface area contributed by atoms with Crippen LogP contribution in [0.5, 0.6) is 0 Å². The van der Waals surface area contributed by atoms with Crippen molar-refractivity contribution in [2.24, 2.45) is 5.92 Å². The lowest BCUT2D eigenvalue weighted by Gasteiger charge is -2.34. The fraction of sp³-hybridized carbons (Fsp3) is 0.471. The van der Waals surface area contributed by atoms with Gasteiger partial charge in [0.25, 0.3) is 0 Å². The molecule has 0 bridgehead atoms. The summed E-state index contributed by atoms with van der Waals surface area (Å²) in [7, 11) is 0. The molecule has 24 heavy (non-hydrogen) atoms. The van der Waals surface area contributed by atoms with Crippen molar-refractivity contribution >= 4 is 0 Å². The molecule has 1 N–H and O–H groups in total. The number of aliphatic hydroxyl groups is 1. The number of rotatable bonds is 4. The molecule has 3 rings (SSSR count). The van der Waals surface area contributed by atoms with Crippen molar-refractivity contribution in [3.8, 4) is 11.3 Å². The molecule has 0 spiro atoms. The molecule has 0 radical (unpaired) electrons. The van der Waals surface area contributed by atoms with Crippen LogP contribution in [0.25, 0.3) is 11.3 Å². The van der Waals surface area contributed by atoms with Crippen LogP contribution >= 0.6 is 0 Å². The van der Waals surface area contributed by atoms with Gasteiger partial charge in [0, 0.05) is 11.6 Å². The highest BCUT2D eigenvalue weighted by Crippen LogP contribution is 2.32. The molecule has 1 atom stereocenters. The fourth-order valence-corrected chi connectivity index (χ4v) is 3.05. The summed E-state index contributed by atoms with van der Waals surface area (Å²) in [6.45, 7) is 1.51. The monoisotopic (exact) mass is 340 g/mol. The van der Waals surface area contributed by atoms with Crippen LogP contribution in [0.15, 0.2) is 40.9 Å². The van der Waals surface area contributed by atoms with Crippen LogP contribution in [0.3, 0.4) is 0 Å². The van der Waals surface area contributed by atoms with Gasteiger partial charge in [0.1, 0.15) is 5.69 Å². The van der Waals surface area contributed by atoms with Crippen LogP contribution in [0.2, 0.25) is 0 Å². The van der Waals surface area contributed by atoms with E-state index in [0.717, 1.165) is 11.3 Å². The first-order valence-corrected chi connectivity index (χ1v) is 7.91. The number of nitrogens with zero attached hydrogens (tertiary/aromatic N) is 2. The Labute approximate surface area is 137 Å². The van der Waals surface area contributed by atoms with Gasteiger partial charge in [-0.25, -0.2) is 0 Å². The SMILES string of the molecule is OC(C1CCN(Cc2cc(-c3ccccc3)no2)CC1)C(F)(F)F. The van der Waals surface area contributed by atoms with Crippen LogP contribution in [-0.4, -0.2) is 40.5 Å². The number of hydrogen-bond acceptors (Lipinski definition) is 4. The molecule has 7 heteroatoms. The predicted molar refractivity (Wildman–Crippen MR) is 82.0 cm³/mol. The van der Waals surface area contributed by atoms with E-state index >= 15 is 0 Å². The first-order chi connectivity index (χ1) is 11.4. The Morgan fingerprint density at radius 1 is 1.21 bits per heavy atom. The average molecular weight is 340 g/mol. The molecular weight excluding hydrogens is 321 g/mol. The molecule has 1 aromatic heterocycles. The topological polar surface area (TPSA) is 49.5 Å². The highest BCUT2D eigenvalue weighted by Gasteiger charge is 2.44. The first kappa shape index (κ1) is 17.0. The van der Waals surface area contributed by atoms with Crippen LogP contribution in [0, 0.1) is 5.92 Å². The van der Waals surface area contributed by atoms with E-state index in [1.165, 1.54) is 0 Å². The maximum Gasteiger partial charge on any atom is 0.414 e. The molecular formula is C17H19F3N2O2. The minimum absolute atomic E-state index is 0.320. The lowest BCUT2D eigenvalue weighted by Crippen LogP contribution is -2.43. The summed E-state index contributed by atoms with van der Waals surface area (Å²) in [5, 5.41) is 13.4. The van der Waals surface area contributed by atoms with Crippen LogP contribution in [0.4, 0.5) is 13.2 Å². The van der Waals surface area contributed by atoms with E-state index in [9.17, 15) is 18.3 Å². The van der Waals surface area contributed by atoms with Crippen molar-refractivity contribution in [1.29, 1.82) is 0 Å². The van der Waals surface area contributed by atoms with Crippen molar-refractivity contribution in [3.63, 3.8) is 0 Å². The molecule has 4 nitrogen and oxygen atoms in total. The molecule has 0 amide bonds. The highest BCUT2D eigenvalue weighted by molar-refractivity contribution is 5.58. The van der Waals surface area contributed by atoms with Crippen molar-refractivity contribution < 1.29 is 22.8 Å². The third kappa shape index (κ3) is 3.96. The van der Waals surface area contributed by atoms with Crippen molar-refractivity contribution in [2.75, 3.05) is 13.1 Å². The second-order valence-electron chi connectivity index (χ2n) is 6.14. The lowest BCUT2D eigenvalue weighted by atomic mass is 9.91. The Balaban J connectivity index is 1.55. The second kappa shape index (κ2) is 6.94. The largest absolute Gasteiger partial charge is 0.414 e. The van der Waals surface area contributed by atoms with Gasteiger partial charge in [0.15, 0.2) is 11.9 Å². The Kier molecular flexibility index (Phi) is 4.91. The van der Waals surface area contributed by atoms with Crippen LogP contribution in [0.1, 0.15) is 18.6 Å². The third-order valence-electron chi connectivity index (χ3n) is 4.42. The molecule has 2 heterocycles. The molecule has 1 aromatic carbocycles. The molecule has 130 valence electrons. The van der Waals surface area contributed by atoms with E-state index in [0.29, 0.717) is 38.2 Å². The Bertz CT molecular complexity index is 649. The van der Waals surface area contributed by atoms with Crippen molar-refractivity contribution in [2.45, 2.75) is 31.7 Å². The summed E-state index contributed by atoms with van der Waals surface area (Å²) in [6.07, 6.45) is -6.13. The number of piperidine rings is 1. The standard InChI is InChI=1S/C17H19F3N2O2/c18-17(19,20)16(23)13-6-8-22(9-7-13)11-14-10-15(21-24-14)12-4-2-1-3-5-12/h1-5,10,13,16,23H,6-9,11H2. The number of likely N-dealkylation sites (tertiary alicyclic amines) is 1. The zero-order valence-electron chi connectivity index (χ0n) is 13.0. The maximum atomic E-state index is 12.6. The number of aromatic nitrogens is 1. The minimum atomic E-state index is -4.54. The molecule has 1 unspecified atom stereocenters. The Morgan fingerprint density at radius 2 is 1.88 bits per heavy atom. The fourth-order valence-electron chi connectivity index (χ4n) is 3.05. The number of aliphatic hydroxyl groups excluding tert-OH is 1. The van der Waals surface area contributed by atoms with Gasteiger partial charge in [-0.2, -0.15) is 13.2 Å². The molecule has 2 aromatic rings. The predicted octanol–water partition coefficient (Wildman–Crippen LogP) is 3.48. The third-order valence-corrected chi connectivity index (χ3v) is 4.42. The van der Waals surface area contributed by atoms with Gasteiger partial charge < -0.3 is 9.63 Å². The molecule has 1 aliphatic heterocycles. The van der Waals surface area contributed by atoms with E-state index in [1.807, 2.05) is 41.3 Å². The van der Waals surface area contributed by atoms with Crippen molar-refractivity contribution in [1.82, 2.24) is 10.1 Å². The van der Waals surface area contributed by atoms with Gasteiger partial charge in [-0.3, -0.25) is 4.90 Å². The van der Waals surface area contributed by atoms with Gasteiger partial charge >= 0.3 is 6.18 Å². The molecule has 0 saturated carbocycles. The number of hydrogen-bond donors (Lipinski definition) is 1. The molecule has 1 aliphatic rings. The van der Waals surface area contributed by atoms with Crippen molar-refractivity contribution in [3.05, 3.63) is 42.2 Å². The van der Waals surface area contributed by atoms with Gasteiger partial charge in [-0.15, -0.1) is 0 Å². The minimum Gasteiger partial charge on any atom is -0.383 e. The van der Waals surface area contributed by atoms with Gasteiger partial charge in [-0.1, -0.05) is 35.5 Å². The quantitative estimate of drug-likeness (QED) is 0.926. The lowest BCUT2D eigenvalue weighted by molar-refractivity contribution is -0.223. The number of alkyl halides is 3. The van der Waals surface area contributed by atoms with Gasteiger partial charge in [0.05, 0.1) is 6.54 Å². The van der Waals surface area contributed by atoms with Crippen LogP contribution in [-0.2, 0) is 6.54 Å². The smallest absolute Gasteiger partial charge is 0.383 e. The zero-order valence-corrected chi connectivity index (χ0v) is 13.0. The maximum absolute atomic E-state index is 12.6. The second-order valence-corrected chi connectivity index (χ2v) is 6.14. The number of halogens is 3. The highest BCUT2D eigenvalue weighted by atomic mass is 19.4. The van der Waals surface area contributed by atoms with Gasteiger partial charge in [0.2, 0.25) is 0 Å². The Morgan fingerprint density at radius 3 is 2.50 bits per heavy atom. The first-order valence-electron chi connectivity index (χ1n) is 7.91. The van der Waals surface area contributed by atoms with E-state index in [2.05, 4.69) is 5.16 Å². The average Bonchev–Trinajstić information content (AvgIpc) is 3.03.